The van der Waals surface area contributed by atoms with Crippen LogP contribution < -0.4 is 4.74 Å². The van der Waals surface area contributed by atoms with Crippen LogP contribution >= 0.6 is 0 Å². The number of methoxy groups -OCH3 is 1. The van der Waals surface area contributed by atoms with Crippen molar-refractivity contribution in [2.45, 2.75) is 32.4 Å². The summed E-state index contributed by atoms with van der Waals surface area (Å²) in [5.41, 5.74) is 1.18. The monoisotopic (exact) mass is 343 g/mol. The number of aromatic nitrogens is 3. The summed E-state index contributed by atoms with van der Waals surface area (Å²) in [5, 5.41) is 4.41. The third-order valence-corrected chi connectivity index (χ3v) is 5.11. The molecule has 1 aliphatic heterocycles. The standard InChI is InChI=1S/C19H29N5O/c1-16(23-11-9-22(2)10-12-23)7-8-19-20-15-21-24(19)14-17-5-4-6-18(13-17)25-3/h4-6,13,15-16H,7-12,14H2,1-3H3/t16-/m0/s1. The van der Waals surface area contributed by atoms with Crippen LogP contribution in [-0.4, -0.2) is 70.9 Å². The molecule has 2 heterocycles. The second-order valence-electron chi connectivity index (χ2n) is 6.91. The van der Waals surface area contributed by atoms with Gasteiger partial charge in [-0.3, -0.25) is 4.90 Å². The van der Waals surface area contributed by atoms with E-state index >= 15 is 0 Å². The Morgan fingerprint density at radius 3 is 2.76 bits per heavy atom. The summed E-state index contributed by atoms with van der Waals surface area (Å²) in [6.07, 6.45) is 3.73. The van der Waals surface area contributed by atoms with Crippen LogP contribution in [0.15, 0.2) is 30.6 Å². The van der Waals surface area contributed by atoms with E-state index in [0.29, 0.717) is 6.04 Å². The van der Waals surface area contributed by atoms with Crippen LogP contribution in [0, 0.1) is 0 Å². The highest BCUT2D eigenvalue weighted by Gasteiger charge is 2.19. The third kappa shape index (κ3) is 4.80. The van der Waals surface area contributed by atoms with Crippen LogP contribution in [0.3, 0.4) is 0 Å². The highest BCUT2D eigenvalue weighted by atomic mass is 16.5. The van der Waals surface area contributed by atoms with Gasteiger partial charge in [0.05, 0.1) is 13.7 Å². The van der Waals surface area contributed by atoms with Gasteiger partial charge < -0.3 is 9.64 Å². The fraction of sp³-hybridized carbons (Fsp3) is 0.579. The van der Waals surface area contributed by atoms with Gasteiger partial charge in [-0.2, -0.15) is 5.10 Å². The minimum Gasteiger partial charge on any atom is -0.497 e. The molecule has 25 heavy (non-hydrogen) atoms. The molecule has 1 saturated heterocycles. The van der Waals surface area contributed by atoms with Crippen molar-refractivity contribution < 1.29 is 4.74 Å². The van der Waals surface area contributed by atoms with Crippen molar-refractivity contribution in [2.75, 3.05) is 40.3 Å². The van der Waals surface area contributed by atoms with E-state index in [9.17, 15) is 0 Å². The normalized spacial score (nSPS) is 17.6. The second-order valence-corrected chi connectivity index (χ2v) is 6.91. The van der Waals surface area contributed by atoms with Crippen LogP contribution in [0.25, 0.3) is 0 Å². The van der Waals surface area contributed by atoms with Crippen LogP contribution in [0.5, 0.6) is 5.75 Å². The number of rotatable bonds is 7. The predicted octanol–water partition coefficient (Wildman–Crippen LogP) is 1.90. The number of hydrogen-bond donors (Lipinski definition) is 0. The molecule has 6 heteroatoms. The highest BCUT2D eigenvalue weighted by molar-refractivity contribution is 5.28. The first kappa shape index (κ1) is 17.9. The zero-order valence-electron chi connectivity index (χ0n) is 15.6. The summed E-state index contributed by atoms with van der Waals surface area (Å²) in [6, 6.07) is 8.71. The number of likely N-dealkylation sites (N-methyl/N-ethyl adjacent to an activating group) is 1. The number of aryl methyl sites for hydroxylation is 1. The van der Waals surface area contributed by atoms with E-state index in [1.807, 2.05) is 16.8 Å². The number of hydrogen-bond acceptors (Lipinski definition) is 5. The van der Waals surface area contributed by atoms with Crippen molar-refractivity contribution in [3.8, 4) is 5.75 Å². The minimum absolute atomic E-state index is 0.579. The third-order valence-electron chi connectivity index (χ3n) is 5.11. The summed E-state index contributed by atoms with van der Waals surface area (Å²) >= 11 is 0. The molecule has 0 spiro atoms. The first-order valence-corrected chi connectivity index (χ1v) is 9.08. The van der Waals surface area contributed by atoms with Crippen LogP contribution in [0.2, 0.25) is 0 Å². The lowest BCUT2D eigenvalue weighted by Gasteiger charge is -2.36. The molecule has 0 aliphatic carbocycles. The van der Waals surface area contributed by atoms with Crippen molar-refractivity contribution in [1.29, 1.82) is 0 Å². The van der Waals surface area contributed by atoms with E-state index in [1.54, 1.807) is 13.4 Å². The molecular formula is C19H29N5O. The first-order valence-electron chi connectivity index (χ1n) is 9.08. The van der Waals surface area contributed by atoms with Gasteiger partial charge in [-0.15, -0.1) is 0 Å². The SMILES string of the molecule is COc1cccc(Cn2ncnc2CC[C@H](C)N2CCN(C)CC2)c1. The molecular weight excluding hydrogens is 314 g/mol. The van der Waals surface area contributed by atoms with Gasteiger partial charge in [0.1, 0.15) is 17.9 Å². The molecule has 0 N–H and O–H groups in total. The Bertz CT molecular complexity index is 663. The number of nitrogens with zero attached hydrogens (tertiary/aromatic N) is 5. The van der Waals surface area contributed by atoms with Crippen molar-refractivity contribution in [3.63, 3.8) is 0 Å². The fourth-order valence-electron chi connectivity index (χ4n) is 3.34. The molecule has 1 aromatic carbocycles. The van der Waals surface area contributed by atoms with Crippen molar-refractivity contribution >= 4 is 0 Å². The Balaban J connectivity index is 1.56. The lowest BCUT2D eigenvalue weighted by atomic mass is 10.1. The largest absolute Gasteiger partial charge is 0.497 e. The zero-order chi connectivity index (χ0) is 17.6. The smallest absolute Gasteiger partial charge is 0.138 e. The van der Waals surface area contributed by atoms with Crippen molar-refractivity contribution in [2.24, 2.45) is 0 Å². The van der Waals surface area contributed by atoms with E-state index < -0.39 is 0 Å². The van der Waals surface area contributed by atoms with Crippen molar-refractivity contribution in [1.82, 2.24) is 24.6 Å². The molecule has 0 bridgehead atoms. The Hall–Kier alpha value is -1.92. The summed E-state index contributed by atoms with van der Waals surface area (Å²) in [6.45, 7) is 7.71. The molecule has 0 saturated carbocycles. The van der Waals surface area contributed by atoms with Gasteiger partial charge in [0.25, 0.3) is 0 Å². The molecule has 0 radical (unpaired) electrons. The Morgan fingerprint density at radius 1 is 1.20 bits per heavy atom. The van der Waals surface area contributed by atoms with E-state index in [2.05, 4.69) is 46.0 Å². The lowest BCUT2D eigenvalue weighted by molar-refractivity contribution is 0.114. The Kier molecular flexibility index (Phi) is 6.04. The van der Waals surface area contributed by atoms with E-state index in [-0.39, 0.29) is 0 Å². The van der Waals surface area contributed by atoms with Gasteiger partial charge in [-0.1, -0.05) is 12.1 Å². The molecule has 0 amide bonds. The molecule has 1 fully saturated rings. The molecule has 3 rings (SSSR count). The molecule has 6 nitrogen and oxygen atoms in total. The van der Waals surface area contributed by atoms with Gasteiger partial charge in [-0.05, 0) is 38.1 Å². The molecule has 0 unspecified atom stereocenters. The van der Waals surface area contributed by atoms with Gasteiger partial charge in [0.2, 0.25) is 0 Å². The summed E-state index contributed by atoms with van der Waals surface area (Å²) in [4.78, 5) is 9.46. The van der Waals surface area contributed by atoms with Gasteiger partial charge >= 0.3 is 0 Å². The zero-order valence-corrected chi connectivity index (χ0v) is 15.6. The summed E-state index contributed by atoms with van der Waals surface area (Å²) in [5.74, 6) is 1.94. The number of ether oxygens (including phenoxy) is 1. The Morgan fingerprint density at radius 2 is 2.00 bits per heavy atom. The quantitative estimate of drug-likeness (QED) is 0.768. The molecule has 2 aromatic rings. The maximum Gasteiger partial charge on any atom is 0.138 e. The Labute approximate surface area is 150 Å². The first-order chi connectivity index (χ1) is 12.2. The molecule has 1 aromatic heterocycles. The average Bonchev–Trinajstić information content (AvgIpc) is 3.07. The predicted molar refractivity (Wildman–Crippen MR) is 99.0 cm³/mol. The number of piperazine rings is 1. The van der Waals surface area contributed by atoms with Crippen LogP contribution in [-0.2, 0) is 13.0 Å². The minimum atomic E-state index is 0.579. The van der Waals surface area contributed by atoms with Gasteiger partial charge in [-0.25, -0.2) is 9.67 Å². The number of benzene rings is 1. The van der Waals surface area contributed by atoms with Gasteiger partial charge in [0.15, 0.2) is 0 Å². The molecule has 1 atom stereocenters. The summed E-state index contributed by atoms with van der Waals surface area (Å²) in [7, 11) is 3.89. The van der Waals surface area contributed by atoms with E-state index in [1.165, 1.54) is 5.56 Å². The maximum absolute atomic E-state index is 5.30. The van der Waals surface area contributed by atoms with E-state index in [0.717, 1.165) is 57.1 Å². The summed E-state index contributed by atoms with van der Waals surface area (Å²) < 4.78 is 7.31. The molecule has 136 valence electrons. The lowest BCUT2D eigenvalue weighted by Crippen LogP contribution is -2.48. The maximum atomic E-state index is 5.30. The second kappa shape index (κ2) is 8.45. The van der Waals surface area contributed by atoms with Crippen LogP contribution in [0.4, 0.5) is 0 Å². The average molecular weight is 343 g/mol. The molecule has 1 aliphatic rings. The van der Waals surface area contributed by atoms with E-state index in [4.69, 9.17) is 4.74 Å². The fourth-order valence-corrected chi connectivity index (χ4v) is 3.34. The topological polar surface area (TPSA) is 46.4 Å². The van der Waals surface area contributed by atoms with Crippen LogP contribution in [0.1, 0.15) is 24.7 Å². The van der Waals surface area contributed by atoms with Crippen molar-refractivity contribution in [3.05, 3.63) is 42.0 Å². The highest BCUT2D eigenvalue weighted by Crippen LogP contribution is 2.15. The van der Waals surface area contributed by atoms with Gasteiger partial charge in [0, 0.05) is 38.6 Å².